The first kappa shape index (κ1) is 13.6. The molecule has 100 valence electrons. The summed E-state index contributed by atoms with van der Waals surface area (Å²) in [5.74, 6) is 3.26. The van der Waals surface area contributed by atoms with Crippen LogP contribution < -0.4 is 5.32 Å². The average molecular weight is 268 g/mol. The monoisotopic (exact) mass is 267 g/mol. The van der Waals surface area contributed by atoms with Gasteiger partial charge in [0.1, 0.15) is 16.8 Å². The Morgan fingerprint density at radius 1 is 1.28 bits per heavy atom. The molecule has 3 atom stereocenters. The van der Waals surface area contributed by atoms with Crippen LogP contribution in [0.3, 0.4) is 0 Å². The summed E-state index contributed by atoms with van der Waals surface area (Å²) in [5.41, 5.74) is 0.954. The van der Waals surface area contributed by atoms with E-state index >= 15 is 0 Å². The second kappa shape index (κ2) is 5.43. The number of nitrogens with one attached hydrogen (secondary N) is 1. The number of aromatic nitrogens is 2. The molecular weight excluding hydrogens is 246 g/mol. The molecule has 0 aliphatic heterocycles. The van der Waals surface area contributed by atoms with E-state index in [2.05, 4.69) is 29.1 Å². The van der Waals surface area contributed by atoms with Crippen molar-refractivity contribution in [2.24, 2.45) is 11.8 Å². The highest BCUT2D eigenvalue weighted by atomic mass is 35.5. The van der Waals surface area contributed by atoms with Crippen LogP contribution in [0.2, 0.25) is 5.15 Å². The lowest BCUT2D eigenvalue weighted by molar-refractivity contribution is 0.407. The molecule has 1 aliphatic carbocycles. The van der Waals surface area contributed by atoms with Crippen LogP contribution in [0.1, 0.15) is 44.5 Å². The minimum absolute atomic E-state index is 0.522. The van der Waals surface area contributed by atoms with Crippen molar-refractivity contribution in [1.29, 1.82) is 0 Å². The summed E-state index contributed by atoms with van der Waals surface area (Å²) in [5, 5.41) is 4.11. The Morgan fingerprint density at radius 2 is 2.00 bits per heavy atom. The summed E-state index contributed by atoms with van der Waals surface area (Å²) in [4.78, 5) is 8.64. The molecule has 0 radical (unpaired) electrons. The first-order valence-electron chi connectivity index (χ1n) is 6.78. The van der Waals surface area contributed by atoms with Crippen LogP contribution >= 0.6 is 11.6 Å². The molecule has 1 aromatic heterocycles. The maximum atomic E-state index is 6.10. The van der Waals surface area contributed by atoms with Gasteiger partial charge in [-0.2, -0.15) is 0 Å². The fraction of sp³-hybridized carbons (Fsp3) is 0.714. The summed E-state index contributed by atoms with van der Waals surface area (Å²) in [6.45, 7) is 8.48. The number of hydrogen-bond acceptors (Lipinski definition) is 3. The molecule has 2 rings (SSSR count). The molecule has 0 saturated heterocycles. The van der Waals surface area contributed by atoms with E-state index in [1.807, 2.05) is 13.8 Å². The maximum absolute atomic E-state index is 6.10. The third-order valence-corrected chi connectivity index (χ3v) is 4.48. The smallest absolute Gasteiger partial charge is 0.137 e. The molecule has 18 heavy (non-hydrogen) atoms. The number of nitrogens with zero attached hydrogens (tertiary/aromatic N) is 2. The number of halogens is 1. The van der Waals surface area contributed by atoms with Crippen molar-refractivity contribution in [3.05, 3.63) is 16.5 Å². The fourth-order valence-corrected chi connectivity index (χ4v) is 3.16. The van der Waals surface area contributed by atoms with Crippen LogP contribution in [0.15, 0.2) is 0 Å². The van der Waals surface area contributed by atoms with Crippen LogP contribution in [0.25, 0.3) is 0 Å². The van der Waals surface area contributed by atoms with Gasteiger partial charge in [-0.1, -0.05) is 31.9 Å². The summed E-state index contributed by atoms with van der Waals surface area (Å²) < 4.78 is 0. The Kier molecular flexibility index (Phi) is 4.10. The third-order valence-electron chi connectivity index (χ3n) is 4.11. The van der Waals surface area contributed by atoms with E-state index in [4.69, 9.17) is 11.6 Å². The Hall–Kier alpha value is -0.830. The van der Waals surface area contributed by atoms with Gasteiger partial charge in [0.2, 0.25) is 0 Å². The predicted molar refractivity (Wildman–Crippen MR) is 76.1 cm³/mol. The molecule has 0 amide bonds. The number of anilines is 1. The molecular formula is C14H22ClN3. The van der Waals surface area contributed by atoms with Gasteiger partial charge >= 0.3 is 0 Å². The molecule has 1 heterocycles. The van der Waals surface area contributed by atoms with E-state index in [1.54, 1.807) is 0 Å². The molecule has 1 N–H and O–H groups in total. The highest BCUT2D eigenvalue weighted by Crippen LogP contribution is 2.35. The Balaban J connectivity index is 2.11. The lowest BCUT2D eigenvalue weighted by Crippen LogP contribution is -2.18. The fourth-order valence-electron chi connectivity index (χ4n) is 2.95. The molecule has 1 aliphatic rings. The van der Waals surface area contributed by atoms with E-state index in [0.717, 1.165) is 29.0 Å². The van der Waals surface area contributed by atoms with Gasteiger partial charge in [0.25, 0.3) is 0 Å². The standard InChI is InChI=1S/C14H22ClN3/c1-5-11-7-12(6-8(11)2)18-14-9(3)13(15)16-10(4)17-14/h8,11-12H,5-7H2,1-4H3,(H,16,17,18). The minimum Gasteiger partial charge on any atom is -0.367 e. The Morgan fingerprint density at radius 3 is 2.61 bits per heavy atom. The summed E-state index contributed by atoms with van der Waals surface area (Å²) in [7, 11) is 0. The van der Waals surface area contributed by atoms with E-state index in [9.17, 15) is 0 Å². The van der Waals surface area contributed by atoms with Crippen molar-refractivity contribution < 1.29 is 0 Å². The third kappa shape index (κ3) is 2.77. The van der Waals surface area contributed by atoms with Gasteiger partial charge in [-0.15, -0.1) is 0 Å². The van der Waals surface area contributed by atoms with Gasteiger partial charge in [0.05, 0.1) is 0 Å². The van der Waals surface area contributed by atoms with Crippen molar-refractivity contribution in [3.8, 4) is 0 Å². The lowest BCUT2D eigenvalue weighted by atomic mass is 9.96. The zero-order valence-corrected chi connectivity index (χ0v) is 12.4. The van der Waals surface area contributed by atoms with E-state index in [0.29, 0.717) is 11.2 Å². The quantitative estimate of drug-likeness (QED) is 0.842. The first-order valence-corrected chi connectivity index (χ1v) is 7.16. The normalized spacial score (nSPS) is 27.5. The molecule has 3 unspecified atom stereocenters. The van der Waals surface area contributed by atoms with Gasteiger partial charge in [-0.05, 0) is 38.5 Å². The van der Waals surface area contributed by atoms with Crippen molar-refractivity contribution >= 4 is 17.4 Å². The van der Waals surface area contributed by atoms with Crippen LogP contribution in [0.5, 0.6) is 0 Å². The maximum Gasteiger partial charge on any atom is 0.137 e. The number of aryl methyl sites for hydroxylation is 1. The summed E-state index contributed by atoms with van der Waals surface area (Å²) >= 11 is 6.10. The van der Waals surface area contributed by atoms with Gasteiger partial charge < -0.3 is 5.32 Å². The van der Waals surface area contributed by atoms with Crippen LogP contribution in [-0.4, -0.2) is 16.0 Å². The van der Waals surface area contributed by atoms with Gasteiger partial charge in [-0.3, -0.25) is 0 Å². The Labute approximate surface area is 114 Å². The van der Waals surface area contributed by atoms with Crippen molar-refractivity contribution in [2.75, 3.05) is 5.32 Å². The van der Waals surface area contributed by atoms with Crippen LogP contribution in [-0.2, 0) is 0 Å². The lowest BCUT2D eigenvalue weighted by Gasteiger charge is -2.16. The zero-order valence-electron chi connectivity index (χ0n) is 11.6. The predicted octanol–water partition coefficient (Wildman–Crippen LogP) is 3.98. The highest BCUT2D eigenvalue weighted by molar-refractivity contribution is 6.30. The van der Waals surface area contributed by atoms with Crippen LogP contribution in [0.4, 0.5) is 5.82 Å². The van der Waals surface area contributed by atoms with Crippen molar-refractivity contribution in [2.45, 2.75) is 53.0 Å². The molecule has 1 saturated carbocycles. The van der Waals surface area contributed by atoms with Crippen molar-refractivity contribution in [3.63, 3.8) is 0 Å². The summed E-state index contributed by atoms with van der Waals surface area (Å²) in [6, 6.07) is 0.522. The van der Waals surface area contributed by atoms with Crippen molar-refractivity contribution in [1.82, 2.24) is 9.97 Å². The van der Waals surface area contributed by atoms with Gasteiger partial charge in [-0.25, -0.2) is 9.97 Å². The first-order chi connectivity index (χ1) is 8.51. The minimum atomic E-state index is 0.522. The van der Waals surface area contributed by atoms with Gasteiger partial charge in [0, 0.05) is 11.6 Å². The van der Waals surface area contributed by atoms with E-state index in [-0.39, 0.29) is 0 Å². The summed E-state index contributed by atoms with van der Waals surface area (Å²) in [6.07, 6.45) is 3.72. The molecule has 0 bridgehead atoms. The number of hydrogen-bond donors (Lipinski definition) is 1. The topological polar surface area (TPSA) is 37.8 Å². The van der Waals surface area contributed by atoms with E-state index in [1.165, 1.54) is 19.3 Å². The second-order valence-corrected chi connectivity index (χ2v) is 5.85. The zero-order chi connectivity index (χ0) is 13.3. The van der Waals surface area contributed by atoms with Crippen LogP contribution in [0, 0.1) is 25.7 Å². The Bertz CT molecular complexity index is 433. The second-order valence-electron chi connectivity index (χ2n) is 5.49. The molecule has 4 heteroatoms. The highest BCUT2D eigenvalue weighted by Gasteiger charge is 2.30. The average Bonchev–Trinajstić information content (AvgIpc) is 2.65. The molecule has 3 nitrogen and oxygen atoms in total. The SMILES string of the molecule is CCC1CC(Nc2nc(C)nc(Cl)c2C)CC1C. The molecule has 0 aromatic carbocycles. The molecule has 1 fully saturated rings. The van der Waals surface area contributed by atoms with Gasteiger partial charge in [0.15, 0.2) is 0 Å². The largest absolute Gasteiger partial charge is 0.367 e. The number of rotatable bonds is 3. The molecule has 0 spiro atoms. The van der Waals surface area contributed by atoms with E-state index < -0.39 is 0 Å². The molecule has 1 aromatic rings.